The number of rotatable bonds is 3. The van der Waals surface area contributed by atoms with Crippen molar-refractivity contribution in [2.75, 3.05) is 0 Å². The van der Waals surface area contributed by atoms with Gasteiger partial charge in [-0.3, -0.25) is 4.57 Å². The molecule has 0 bridgehead atoms. The highest BCUT2D eigenvalue weighted by atomic mass is 16.5. The normalized spacial score (nSPS) is 16.7. The van der Waals surface area contributed by atoms with Gasteiger partial charge in [-0.2, -0.15) is 0 Å². The first kappa shape index (κ1) is 23.2. The number of aromatic nitrogens is 3. The van der Waals surface area contributed by atoms with Crippen molar-refractivity contribution in [3.8, 4) is 34.1 Å². The molecule has 0 amide bonds. The van der Waals surface area contributed by atoms with E-state index in [1.54, 1.807) is 0 Å². The van der Waals surface area contributed by atoms with Crippen molar-refractivity contribution in [3.63, 3.8) is 0 Å². The minimum atomic E-state index is -0.0843. The van der Waals surface area contributed by atoms with Crippen molar-refractivity contribution < 1.29 is 4.74 Å². The number of fused-ring (bicyclic) bond motifs is 8. The molecule has 0 N–H and O–H groups in total. The van der Waals surface area contributed by atoms with Gasteiger partial charge in [0.15, 0.2) is 0 Å². The molecule has 7 aromatic rings. The molecule has 42 heavy (non-hydrogen) atoms. The Morgan fingerprint density at radius 2 is 1.29 bits per heavy atom. The maximum absolute atomic E-state index is 6.60. The molecule has 198 valence electrons. The predicted molar refractivity (Wildman–Crippen MR) is 169 cm³/mol. The van der Waals surface area contributed by atoms with Crippen molar-refractivity contribution in [1.29, 1.82) is 0 Å². The van der Waals surface area contributed by atoms with Crippen LogP contribution in [0, 0.1) is 0 Å². The molecule has 2 atom stereocenters. The summed E-state index contributed by atoms with van der Waals surface area (Å²) in [5, 5.41) is 2.20. The number of nitrogens with zero attached hydrogens (tertiary/aromatic N) is 3. The zero-order valence-corrected chi connectivity index (χ0v) is 22.7. The van der Waals surface area contributed by atoms with Crippen LogP contribution >= 0.6 is 0 Å². The van der Waals surface area contributed by atoms with Crippen molar-refractivity contribution in [2.45, 2.75) is 12.0 Å². The van der Waals surface area contributed by atoms with Gasteiger partial charge in [-0.15, -0.1) is 0 Å². The van der Waals surface area contributed by atoms with E-state index < -0.39 is 0 Å². The van der Waals surface area contributed by atoms with Crippen molar-refractivity contribution in [3.05, 3.63) is 150 Å². The maximum atomic E-state index is 6.60. The van der Waals surface area contributed by atoms with Crippen LogP contribution in [-0.2, 0) is 0 Å². The van der Waals surface area contributed by atoms with E-state index in [1.165, 1.54) is 27.6 Å². The standard InChI is InChI=1S/C38H25N3O/c1-2-10-24(11-3-1)25-18-20-26(21-19-25)36-29-13-4-7-15-31(29)39-38(40-36)41-32-16-8-5-14-30(32)35-33(41)23-22-28-27-12-6-9-17-34(27)42-37(28)35/h1-23,28,37H. The van der Waals surface area contributed by atoms with Gasteiger partial charge in [-0.05, 0) is 35.4 Å². The van der Waals surface area contributed by atoms with Crippen LogP contribution in [0.3, 0.4) is 0 Å². The summed E-state index contributed by atoms with van der Waals surface area (Å²) in [6.45, 7) is 0. The molecular weight excluding hydrogens is 514 g/mol. The minimum absolute atomic E-state index is 0.0843. The van der Waals surface area contributed by atoms with E-state index in [1.807, 2.05) is 18.2 Å². The molecule has 2 aliphatic rings. The first-order chi connectivity index (χ1) is 20.8. The summed E-state index contributed by atoms with van der Waals surface area (Å²) in [7, 11) is 0. The molecule has 0 radical (unpaired) electrons. The summed E-state index contributed by atoms with van der Waals surface area (Å²) in [5.74, 6) is 1.81. The molecule has 5 aromatic carbocycles. The average Bonchev–Trinajstić information content (AvgIpc) is 3.60. The number of para-hydroxylation sites is 3. The van der Waals surface area contributed by atoms with E-state index in [0.717, 1.165) is 39.1 Å². The Morgan fingerprint density at radius 1 is 0.595 bits per heavy atom. The fourth-order valence-electron chi connectivity index (χ4n) is 6.67. The highest BCUT2D eigenvalue weighted by molar-refractivity contribution is 5.95. The van der Waals surface area contributed by atoms with Crippen molar-refractivity contribution in [2.24, 2.45) is 0 Å². The van der Waals surface area contributed by atoms with Crippen LogP contribution in [0.4, 0.5) is 0 Å². The Balaban J connectivity index is 1.24. The second-order valence-corrected chi connectivity index (χ2v) is 10.9. The third kappa shape index (κ3) is 3.42. The Kier molecular flexibility index (Phi) is 4.99. The van der Waals surface area contributed by atoms with Gasteiger partial charge in [0.25, 0.3) is 0 Å². The first-order valence-electron chi connectivity index (χ1n) is 14.3. The van der Waals surface area contributed by atoms with Gasteiger partial charge in [0.1, 0.15) is 11.9 Å². The largest absolute Gasteiger partial charge is 0.484 e. The zero-order valence-electron chi connectivity index (χ0n) is 22.7. The SMILES string of the molecule is C1=CC2c3ccccc3OC2c2c1n(-c1nc(-c3ccc(-c4ccccc4)cc3)c3ccccc3n1)c1ccccc21. The van der Waals surface area contributed by atoms with Crippen molar-refractivity contribution in [1.82, 2.24) is 14.5 Å². The average molecular weight is 540 g/mol. The summed E-state index contributed by atoms with van der Waals surface area (Å²) in [6, 6.07) is 44.3. The number of hydrogen-bond acceptors (Lipinski definition) is 3. The molecule has 4 nitrogen and oxygen atoms in total. The van der Waals surface area contributed by atoms with Crippen LogP contribution in [0.15, 0.2) is 133 Å². The van der Waals surface area contributed by atoms with Crippen LogP contribution in [0.5, 0.6) is 5.75 Å². The lowest BCUT2D eigenvalue weighted by molar-refractivity contribution is 0.224. The van der Waals surface area contributed by atoms with Crippen LogP contribution < -0.4 is 4.74 Å². The summed E-state index contributed by atoms with van der Waals surface area (Å²) >= 11 is 0. The zero-order chi connectivity index (χ0) is 27.6. The van der Waals surface area contributed by atoms with E-state index in [9.17, 15) is 0 Å². The lowest BCUT2D eigenvalue weighted by atomic mass is 9.86. The van der Waals surface area contributed by atoms with Gasteiger partial charge in [-0.25, -0.2) is 9.97 Å². The lowest BCUT2D eigenvalue weighted by Crippen LogP contribution is -2.14. The van der Waals surface area contributed by atoms with Gasteiger partial charge in [0.05, 0.1) is 22.4 Å². The van der Waals surface area contributed by atoms with Gasteiger partial charge >= 0.3 is 0 Å². The smallest absolute Gasteiger partial charge is 0.235 e. The molecule has 2 aromatic heterocycles. The van der Waals surface area contributed by atoms with E-state index >= 15 is 0 Å². The molecule has 0 spiro atoms. The fourth-order valence-corrected chi connectivity index (χ4v) is 6.67. The van der Waals surface area contributed by atoms with Gasteiger partial charge < -0.3 is 4.74 Å². The Bertz CT molecular complexity index is 2180. The molecule has 1 aliphatic carbocycles. The van der Waals surface area contributed by atoms with Gasteiger partial charge in [0, 0.05) is 33.4 Å². The van der Waals surface area contributed by atoms with Crippen LogP contribution in [0.25, 0.3) is 56.2 Å². The van der Waals surface area contributed by atoms with Crippen LogP contribution in [0.1, 0.15) is 28.8 Å². The minimum Gasteiger partial charge on any atom is -0.484 e. The van der Waals surface area contributed by atoms with E-state index in [-0.39, 0.29) is 12.0 Å². The summed E-state index contributed by atoms with van der Waals surface area (Å²) < 4.78 is 8.81. The van der Waals surface area contributed by atoms with E-state index in [0.29, 0.717) is 5.95 Å². The second-order valence-electron chi connectivity index (χ2n) is 10.9. The number of ether oxygens (including phenoxy) is 1. The quantitative estimate of drug-likeness (QED) is 0.225. The number of benzene rings is 5. The Morgan fingerprint density at radius 3 is 2.17 bits per heavy atom. The van der Waals surface area contributed by atoms with Crippen molar-refractivity contribution >= 4 is 27.9 Å². The lowest BCUT2D eigenvalue weighted by Gasteiger charge is -2.22. The fraction of sp³-hybridized carbons (Fsp3) is 0.0526. The predicted octanol–water partition coefficient (Wildman–Crippen LogP) is 9.15. The van der Waals surface area contributed by atoms with Gasteiger partial charge in [-0.1, -0.05) is 115 Å². The highest BCUT2D eigenvalue weighted by Gasteiger charge is 2.40. The molecule has 3 heterocycles. The second kappa shape index (κ2) is 9.02. The third-order valence-corrected chi connectivity index (χ3v) is 8.61. The third-order valence-electron chi connectivity index (χ3n) is 8.61. The highest BCUT2D eigenvalue weighted by Crippen LogP contribution is 2.52. The Hall–Kier alpha value is -5.48. The molecule has 0 fully saturated rings. The molecule has 2 unspecified atom stereocenters. The molecular formula is C38H25N3O. The van der Waals surface area contributed by atoms with Crippen LogP contribution in [0.2, 0.25) is 0 Å². The molecule has 4 heteroatoms. The topological polar surface area (TPSA) is 39.9 Å². The molecule has 0 saturated heterocycles. The summed E-state index contributed by atoms with van der Waals surface area (Å²) in [5.41, 5.74) is 9.86. The molecule has 1 aliphatic heterocycles. The van der Waals surface area contributed by atoms with Gasteiger partial charge in [0.2, 0.25) is 5.95 Å². The summed E-state index contributed by atoms with van der Waals surface area (Å²) in [6.07, 6.45) is 4.42. The summed E-state index contributed by atoms with van der Waals surface area (Å²) in [4.78, 5) is 10.4. The monoisotopic (exact) mass is 539 g/mol. The first-order valence-corrected chi connectivity index (χ1v) is 14.3. The van der Waals surface area contributed by atoms with E-state index in [2.05, 4.69) is 126 Å². The molecule has 0 saturated carbocycles. The molecule has 9 rings (SSSR count). The van der Waals surface area contributed by atoms with Crippen LogP contribution in [-0.4, -0.2) is 14.5 Å². The maximum Gasteiger partial charge on any atom is 0.235 e. The number of hydrogen-bond donors (Lipinski definition) is 0. The Labute approximate surface area is 243 Å². The van der Waals surface area contributed by atoms with E-state index in [4.69, 9.17) is 14.7 Å².